The van der Waals surface area contributed by atoms with Gasteiger partial charge in [-0.15, -0.1) is 0 Å². The Bertz CT molecular complexity index is 332. The van der Waals surface area contributed by atoms with Crippen LogP contribution < -0.4 is 10.1 Å². The minimum atomic E-state index is 0.212. The molecule has 0 heterocycles. The van der Waals surface area contributed by atoms with Crippen LogP contribution in [0.5, 0.6) is 5.75 Å². The molecule has 0 bridgehead atoms. The topological polar surface area (TPSA) is 21.3 Å². The summed E-state index contributed by atoms with van der Waals surface area (Å²) in [5.74, 6) is 0.903. The first-order valence-electron chi connectivity index (χ1n) is 5.37. The molecule has 0 aromatic heterocycles. The van der Waals surface area contributed by atoms with Crippen molar-refractivity contribution < 1.29 is 4.74 Å². The summed E-state index contributed by atoms with van der Waals surface area (Å²) in [6.07, 6.45) is 0.212. The summed E-state index contributed by atoms with van der Waals surface area (Å²) in [6.45, 7) is 9.06. The van der Waals surface area contributed by atoms with E-state index in [-0.39, 0.29) is 6.10 Å². The molecule has 0 atom stereocenters. The molecule has 1 rings (SSSR count). The Labute approximate surface area is 102 Å². The predicted molar refractivity (Wildman–Crippen MR) is 68.9 cm³/mol. The first-order chi connectivity index (χ1) is 7.58. The fourth-order valence-corrected chi connectivity index (χ4v) is 1.40. The number of hydrogen-bond acceptors (Lipinski definition) is 2. The van der Waals surface area contributed by atoms with E-state index in [2.05, 4.69) is 11.9 Å². The molecule has 0 saturated heterocycles. The second kappa shape index (κ2) is 6.56. The standard InChI is InChI=1S/C13H18ClNO/c1-10(2)16-13-6-4-12(5-7-13)9-15-8-11(3)14/h4-7,10,15H,3,8-9H2,1-2H3. The maximum atomic E-state index is 5.65. The lowest BCUT2D eigenvalue weighted by Crippen LogP contribution is -2.14. The third-order valence-electron chi connectivity index (χ3n) is 1.94. The predicted octanol–water partition coefficient (Wildman–Crippen LogP) is 3.32. The summed E-state index contributed by atoms with van der Waals surface area (Å²) < 4.78 is 5.56. The van der Waals surface area contributed by atoms with E-state index in [0.29, 0.717) is 11.6 Å². The van der Waals surface area contributed by atoms with E-state index in [0.717, 1.165) is 12.3 Å². The van der Waals surface area contributed by atoms with Crippen LogP contribution >= 0.6 is 11.6 Å². The molecule has 1 aromatic rings. The van der Waals surface area contributed by atoms with Gasteiger partial charge in [-0.05, 0) is 31.5 Å². The van der Waals surface area contributed by atoms with E-state index in [9.17, 15) is 0 Å². The third-order valence-corrected chi connectivity index (χ3v) is 2.07. The Kier molecular flexibility index (Phi) is 5.36. The normalized spacial score (nSPS) is 10.5. The Morgan fingerprint density at radius 3 is 2.50 bits per heavy atom. The van der Waals surface area contributed by atoms with Crippen LogP contribution in [0.15, 0.2) is 35.9 Å². The van der Waals surface area contributed by atoms with Gasteiger partial charge in [0.15, 0.2) is 0 Å². The molecule has 0 spiro atoms. The lowest BCUT2D eigenvalue weighted by atomic mass is 10.2. The number of ether oxygens (including phenoxy) is 1. The summed E-state index contributed by atoms with van der Waals surface area (Å²) in [4.78, 5) is 0. The lowest BCUT2D eigenvalue weighted by molar-refractivity contribution is 0.242. The minimum Gasteiger partial charge on any atom is -0.491 e. The van der Waals surface area contributed by atoms with Crippen molar-refractivity contribution >= 4 is 11.6 Å². The van der Waals surface area contributed by atoms with Gasteiger partial charge in [-0.25, -0.2) is 0 Å². The van der Waals surface area contributed by atoms with Crippen molar-refractivity contribution in [3.05, 3.63) is 41.4 Å². The van der Waals surface area contributed by atoms with Gasteiger partial charge in [-0.3, -0.25) is 0 Å². The van der Waals surface area contributed by atoms with Crippen molar-refractivity contribution in [2.75, 3.05) is 6.54 Å². The van der Waals surface area contributed by atoms with E-state index in [1.54, 1.807) is 0 Å². The largest absolute Gasteiger partial charge is 0.491 e. The van der Waals surface area contributed by atoms with E-state index in [1.807, 2.05) is 38.1 Å². The van der Waals surface area contributed by atoms with Gasteiger partial charge in [0.2, 0.25) is 0 Å². The number of halogens is 1. The first-order valence-corrected chi connectivity index (χ1v) is 5.75. The van der Waals surface area contributed by atoms with Crippen LogP contribution in [0.1, 0.15) is 19.4 Å². The average Bonchev–Trinajstić information content (AvgIpc) is 2.19. The molecule has 1 aromatic carbocycles. The summed E-state index contributed by atoms with van der Waals surface area (Å²) >= 11 is 5.65. The van der Waals surface area contributed by atoms with Crippen LogP contribution in [0.4, 0.5) is 0 Å². The highest BCUT2D eigenvalue weighted by Crippen LogP contribution is 2.13. The fourth-order valence-electron chi connectivity index (χ4n) is 1.30. The Morgan fingerprint density at radius 2 is 2.00 bits per heavy atom. The molecule has 2 nitrogen and oxygen atoms in total. The molecule has 0 unspecified atom stereocenters. The average molecular weight is 240 g/mol. The van der Waals surface area contributed by atoms with E-state index >= 15 is 0 Å². The molecular formula is C13H18ClNO. The molecule has 0 aliphatic heterocycles. The third kappa shape index (κ3) is 5.19. The maximum absolute atomic E-state index is 5.65. The SMILES string of the molecule is C=C(Cl)CNCc1ccc(OC(C)C)cc1. The molecule has 1 N–H and O–H groups in total. The van der Waals surface area contributed by atoms with E-state index in [1.165, 1.54) is 5.56 Å². The van der Waals surface area contributed by atoms with Crippen molar-refractivity contribution in [2.24, 2.45) is 0 Å². The van der Waals surface area contributed by atoms with Gasteiger partial charge in [0, 0.05) is 18.1 Å². The maximum Gasteiger partial charge on any atom is 0.119 e. The summed E-state index contributed by atoms with van der Waals surface area (Å²) in [6, 6.07) is 8.04. The zero-order chi connectivity index (χ0) is 12.0. The first kappa shape index (κ1) is 13.1. The second-order valence-electron chi connectivity index (χ2n) is 3.93. The molecule has 0 aliphatic rings. The molecule has 0 radical (unpaired) electrons. The Balaban J connectivity index is 2.42. The molecule has 0 saturated carbocycles. The smallest absolute Gasteiger partial charge is 0.119 e. The molecule has 16 heavy (non-hydrogen) atoms. The highest BCUT2D eigenvalue weighted by molar-refractivity contribution is 6.29. The van der Waals surface area contributed by atoms with Crippen molar-refractivity contribution in [3.63, 3.8) is 0 Å². The quantitative estimate of drug-likeness (QED) is 0.823. The van der Waals surface area contributed by atoms with Gasteiger partial charge in [0.1, 0.15) is 5.75 Å². The van der Waals surface area contributed by atoms with Gasteiger partial charge in [-0.1, -0.05) is 30.3 Å². The van der Waals surface area contributed by atoms with Crippen molar-refractivity contribution in [2.45, 2.75) is 26.5 Å². The zero-order valence-corrected chi connectivity index (χ0v) is 10.6. The van der Waals surface area contributed by atoms with Crippen LogP contribution in [0, 0.1) is 0 Å². The van der Waals surface area contributed by atoms with Gasteiger partial charge >= 0.3 is 0 Å². The van der Waals surface area contributed by atoms with Crippen molar-refractivity contribution in [3.8, 4) is 5.75 Å². The molecule has 0 aliphatic carbocycles. The van der Waals surface area contributed by atoms with Crippen LogP contribution in [-0.4, -0.2) is 12.6 Å². The van der Waals surface area contributed by atoms with E-state index in [4.69, 9.17) is 16.3 Å². The molecule has 3 heteroatoms. The minimum absolute atomic E-state index is 0.212. The Morgan fingerprint density at radius 1 is 1.38 bits per heavy atom. The van der Waals surface area contributed by atoms with Crippen molar-refractivity contribution in [1.29, 1.82) is 0 Å². The fraction of sp³-hybridized carbons (Fsp3) is 0.385. The molecular weight excluding hydrogens is 222 g/mol. The molecule has 88 valence electrons. The van der Waals surface area contributed by atoms with Gasteiger partial charge < -0.3 is 10.1 Å². The molecule has 0 fully saturated rings. The number of hydrogen-bond donors (Lipinski definition) is 1. The Hall–Kier alpha value is -0.990. The zero-order valence-electron chi connectivity index (χ0n) is 9.79. The number of benzene rings is 1. The van der Waals surface area contributed by atoms with Crippen LogP contribution in [0.2, 0.25) is 0 Å². The molecule has 0 amide bonds. The van der Waals surface area contributed by atoms with E-state index < -0.39 is 0 Å². The van der Waals surface area contributed by atoms with Gasteiger partial charge in [0.05, 0.1) is 6.10 Å². The van der Waals surface area contributed by atoms with Crippen LogP contribution in [-0.2, 0) is 6.54 Å². The summed E-state index contributed by atoms with van der Waals surface area (Å²) in [5.41, 5.74) is 1.20. The van der Waals surface area contributed by atoms with Crippen LogP contribution in [0.25, 0.3) is 0 Å². The lowest BCUT2D eigenvalue weighted by Gasteiger charge is -2.10. The van der Waals surface area contributed by atoms with Gasteiger partial charge in [-0.2, -0.15) is 0 Å². The second-order valence-corrected chi connectivity index (χ2v) is 4.47. The number of nitrogens with one attached hydrogen (secondary N) is 1. The monoisotopic (exact) mass is 239 g/mol. The van der Waals surface area contributed by atoms with Crippen LogP contribution in [0.3, 0.4) is 0 Å². The highest BCUT2D eigenvalue weighted by atomic mass is 35.5. The van der Waals surface area contributed by atoms with Crippen molar-refractivity contribution in [1.82, 2.24) is 5.32 Å². The highest BCUT2D eigenvalue weighted by Gasteiger charge is 1.98. The summed E-state index contributed by atoms with van der Waals surface area (Å²) in [5, 5.41) is 3.81. The number of rotatable bonds is 6. The van der Waals surface area contributed by atoms with Gasteiger partial charge in [0.25, 0.3) is 0 Å². The summed E-state index contributed by atoms with van der Waals surface area (Å²) in [7, 11) is 0.